The molecule has 2 fully saturated rings. The number of nitrogens with one attached hydrogen (secondary N) is 2. The normalized spacial score (nSPS) is 36.7. The molecule has 0 aromatic carbocycles. The summed E-state index contributed by atoms with van der Waals surface area (Å²) in [6, 6.07) is -0.245. The predicted octanol–water partition coefficient (Wildman–Crippen LogP) is -1.34. The average molecular weight is 233 g/mol. The molecule has 0 saturated carbocycles. The van der Waals surface area contributed by atoms with E-state index < -0.39 is 10.2 Å². The fourth-order valence-corrected chi connectivity index (χ4v) is 3.64. The van der Waals surface area contributed by atoms with Gasteiger partial charge in [0.25, 0.3) is 10.2 Å². The summed E-state index contributed by atoms with van der Waals surface area (Å²) in [5, 5.41) is 2.82. The lowest BCUT2D eigenvalue weighted by Crippen LogP contribution is -2.46. The molecule has 3 unspecified atom stereocenters. The average Bonchev–Trinajstić information content (AvgIpc) is 2.70. The van der Waals surface area contributed by atoms with E-state index in [0.717, 1.165) is 0 Å². The van der Waals surface area contributed by atoms with Crippen molar-refractivity contribution in [2.45, 2.75) is 25.4 Å². The van der Waals surface area contributed by atoms with Gasteiger partial charge in [0.1, 0.15) is 0 Å². The Kier molecular flexibility index (Phi) is 2.48. The third-order valence-corrected chi connectivity index (χ3v) is 4.78. The molecule has 2 aliphatic rings. The van der Waals surface area contributed by atoms with Crippen LogP contribution in [0.4, 0.5) is 0 Å². The molecule has 1 amide bonds. The first-order valence-corrected chi connectivity index (χ1v) is 6.42. The Balaban J connectivity index is 2.28. The Labute approximate surface area is 89.2 Å². The Hall–Kier alpha value is -0.660. The van der Waals surface area contributed by atoms with Crippen LogP contribution in [-0.2, 0) is 15.0 Å². The zero-order valence-corrected chi connectivity index (χ0v) is 9.54. The van der Waals surface area contributed by atoms with E-state index in [1.54, 1.807) is 6.92 Å². The highest BCUT2D eigenvalue weighted by molar-refractivity contribution is 7.87. The van der Waals surface area contributed by atoms with Gasteiger partial charge in [-0.15, -0.1) is 0 Å². The van der Waals surface area contributed by atoms with Gasteiger partial charge in [-0.05, 0) is 6.42 Å². The van der Waals surface area contributed by atoms with Gasteiger partial charge in [-0.3, -0.25) is 4.79 Å². The molecule has 0 bridgehead atoms. The second-order valence-corrected chi connectivity index (χ2v) is 5.83. The highest BCUT2D eigenvalue weighted by atomic mass is 32.2. The Morgan fingerprint density at radius 3 is 2.80 bits per heavy atom. The van der Waals surface area contributed by atoms with Crippen molar-refractivity contribution in [3.8, 4) is 0 Å². The zero-order chi connectivity index (χ0) is 11.2. The van der Waals surface area contributed by atoms with Crippen molar-refractivity contribution in [1.29, 1.82) is 0 Å². The molecular weight excluding hydrogens is 218 g/mol. The van der Waals surface area contributed by atoms with Gasteiger partial charge in [-0.2, -0.15) is 12.7 Å². The largest absolute Gasteiger partial charge is 0.351 e. The molecule has 15 heavy (non-hydrogen) atoms. The van der Waals surface area contributed by atoms with Gasteiger partial charge < -0.3 is 5.32 Å². The van der Waals surface area contributed by atoms with Crippen LogP contribution < -0.4 is 10.0 Å². The standard InChI is InChI=1S/C8H15N3O3S/c1-5-7-6(10-8(5)12)3-4-11(7)15(13,14)9-2/h5-7,9H,3-4H2,1-2H3,(H,10,12). The van der Waals surface area contributed by atoms with Gasteiger partial charge in [-0.1, -0.05) is 6.92 Å². The number of rotatable bonds is 2. The fraction of sp³-hybridized carbons (Fsp3) is 0.875. The lowest BCUT2D eigenvalue weighted by molar-refractivity contribution is -0.122. The molecule has 2 saturated heterocycles. The molecule has 0 spiro atoms. The van der Waals surface area contributed by atoms with Crippen LogP contribution in [0.25, 0.3) is 0 Å². The van der Waals surface area contributed by atoms with Gasteiger partial charge in [0.2, 0.25) is 5.91 Å². The van der Waals surface area contributed by atoms with E-state index in [0.29, 0.717) is 13.0 Å². The summed E-state index contributed by atoms with van der Waals surface area (Å²) in [5.41, 5.74) is 0. The molecule has 2 heterocycles. The van der Waals surface area contributed by atoms with Crippen molar-refractivity contribution in [3.05, 3.63) is 0 Å². The maximum Gasteiger partial charge on any atom is 0.279 e. The smallest absolute Gasteiger partial charge is 0.279 e. The Morgan fingerprint density at radius 1 is 1.53 bits per heavy atom. The number of hydrogen-bond acceptors (Lipinski definition) is 3. The number of carbonyl (C=O) groups is 1. The van der Waals surface area contributed by atoms with E-state index in [9.17, 15) is 13.2 Å². The minimum absolute atomic E-state index is 0.0179. The Morgan fingerprint density at radius 2 is 2.20 bits per heavy atom. The van der Waals surface area contributed by atoms with Crippen molar-refractivity contribution < 1.29 is 13.2 Å². The van der Waals surface area contributed by atoms with E-state index in [1.165, 1.54) is 11.4 Å². The summed E-state index contributed by atoms with van der Waals surface area (Å²) >= 11 is 0. The lowest BCUT2D eigenvalue weighted by Gasteiger charge is -2.24. The van der Waals surface area contributed by atoms with Crippen LogP contribution in [0.2, 0.25) is 0 Å². The number of hydrogen-bond donors (Lipinski definition) is 2. The topological polar surface area (TPSA) is 78.5 Å². The molecule has 7 heteroatoms. The number of amides is 1. The minimum atomic E-state index is -3.42. The van der Waals surface area contributed by atoms with Gasteiger partial charge in [-0.25, -0.2) is 4.72 Å². The first-order chi connectivity index (χ1) is 6.97. The van der Waals surface area contributed by atoms with Crippen LogP contribution >= 0.6 is 0 Å². The second kappa shape index (κ2) is 3.43. The summed E-state index contributed by atoms with van der Waals surface area (Å²) < 4.78 is 27.0. The SMILES string of the molecule is CNS(=O)(=O)N1CCC2NC(=O)C(C)C21. The van der Waals surface area contributed by atoms with Crippen molar-refractivity contribution >= 4 is 16.1 Å². The minimum Gasteiger partial charge on any atom is -0.351 e. The molecule has 86 valence electrons. The van der Waals surface area contributed by atoms with Crippen molar-refractivity contribution in [1.82, 2.24) is 14.3 Å². The van der Waals surface area contributed by atoms with Crippen LogP contribution in [0.3, 0.4) is 0 Å². The van der Waals surface area contributed by atoms with Crippen LogP contribution in [0.5, 0.6) is 0 Å². The maximum atomic E-state index is 11.7. The van der Waals surface area contributed by atoms with Gasteiger partial charge in [0, 0.05) is 19.6 Å². The molecular formula is C8H15N3O3S. The van der Waals surface area contributed by atoms with E-state index in [1.807, 2.05) is 0 Å². The third kappa shape index (κ3) is 1.54. The fourth-order valence-electron chi connectivity index (χ4n) is 2.41. The molecule has 0 aromatic heterocycles. The quantitative estimate of drug-likeness (QED) is 0.619. The second-order valence-electron chi connectivity index (χ2n) is 4.00. The van der Waals surface area contributed by atoms with Crippen LogP contribution in [0.15, 0.2) is 0 Å². The molecule has 2 rings (SSSR count). The maximum absolute atomic E-state index is 11.7. The number of nitrogens with zero attached hydrogens (tertiary/aromatic N) is 1. The van der Waals surface area contributed by atoms with Gasteiger partial charge >= 0.3 is 0 Å². The summed E-state index contributed by atoms with van der Waals surface area (Å²) in [4.78, 5) is 11.4. The first kappa shape index (κ1) is 10.8. The van der Waals surface area contributed by atoms with E-state index in [-0.39, 0.29) is 23.9 Å². The van der Waals surface area contributed by atoms with Crippen molar-refractivity contribution in [2.24, 2.45) is 5.92 Å². The van der Waals surface area contributed by atoms with Gasteiger partial charge in [0.15, 0.2) is 0 Å². The van der Waals surface area contributed by atoms with Crippen molar-refractivity contribution in [2.75, 3.05) is 13.6 Å². The van der Waals surface area contributed by atoms with E-state index in [2.05, 4.69) is 10.0 Å². The number of fused-ring (bicyclic) bond motifs is 1. The molecule has 6 nitrogen and oxygen atoms in total. The van der Waals surface area contributed by atoms with E-state index in [4.69, 9.17) is 0 Å². The predicted molar refractivity (Wildman–Crippen MR) is 54.2 cm³/mol. The summed E-state index contributed by atoms with van der Waals surface area (Å²) in [6.45, 7) is 2.24. The molecule has 0 aliphatic carbocycles. The van der Waals surface area contributed by atoms with Crippen LogP contribution in [0.1, 0.15) is 13.3 Å². The monoisotopic (exact) mass is 233 g/mol. The molecule has 2 N–H and O–H groups in total. The zero-order valence-electron chi connectivity index (χ0n) is 8.73. The summed E-state index contributed by atoms with van der Waals surface area (Å²) in [5.74, 6) is -0.318. The lowest BCUT2D eigenvalue weighted by atomic mass is 10.0. The third-order valence-electron chi connectivity index (χ3n) is 3.23. The van der Waals surface area contributed by atoms with Crippen molar-refractivity contribution in [3.63, 3.8) is 0 Å². The summed E-state index contributed by atoms with van der Waals surface area (Å²) in [7, 11) is -2.03. The van der Waals surface area contributed by atoms with E-state index >= 15 is 0 Å². The molecule has 0 aromatic rings. The van der Waals surface area contributed by atoms with Crippen LogP contribution in [-0.4, -0.2) is 44.3 Å². The molecule has 2 aliphatic heterocycles. The number of carbonyl (C=O) groups excluding carboxylic acids is 1. The summed E-state index contributed by atoms with van der Waals surface area (Å²) in [6.07, 6.45) is 0.696. The highest BCUT2D eigenvalue weighted by Crippen LogP contribution is 2.31. The first-order valence-electron chi connectivity index (χ1n) is 4.98. The highest BCUT2D eigenvalue weighted by Gasteiger charge is 2.50. The van der Waals surface area contributed by atoms with Gasteiger partial charge in [0.05, 0.1) is 12.0 Å². The molecule has 3 atom stereocenters. The molecule has 0 radical (unpaired) electrons. The van der Waals surface area contributed by atoms with Crippen LogP contribution in [0, 0.1) is 5.92 Å². The Bertz CT molecular complexity index is 381.